The van der Waals surface area contributed by atoms with Crippen LogP contribution in [0.25, 0.3) is 5.65 Å². The van der Waals surface area contributed by atoms with Gasteiger partial charge in [0.2, 0.25) is 5.91 Å². The average Bonchev–Trinajstić information content (AvgIpc) is 2.88. The van der Waals surface area contributed by atoms with E-state index in [4.69, 9.17) is 0 Å². The van der Waals surface area contributed by atoms with Crippen molar-refractivity contribution in [1.82, 2.24) is 24.9 Å². The van der Waals surface area contributed by atoms with Crippen molar-refractivity contribution in [3.63, 3.8) is 0 Å². The first-order chi connectivity index (χ1) is 10.6. The Labute approximate surface area is 135 Å². The number of carbonyl (C=O) groups is 1. The van der Waals surface area contributed by atoms with Crippen LogP contribution in [0.5, 0.6) is 0 Å². The number of aromatic nitrogens is 4. The first-order valence-corrected chi connectivity index (χ1v) is 8.69. The Morgan fingerprint density at radius 3 is 2.86 bits per heavy atom. The topological polar surface area (TPSA) is 72.2 Å². The van der Waals surface area contributed by atoms with E-state index in [2.05, 4.69) is 27.4 Å². The maximum Gasteiger partial charge on any atom is 0.230 e. The third-order valence-corrected chi connectivity index (χ3v) is 4.27. The van der Waals surface area contributed by atoms with E-state index in [1.54, 1.807) is 0 Å². The van der Waals surface area contributed by atoms with Crippen LogP contribution in [0.3, 0.4) is 0 Å². The molecule has 120 valence electrons. The lowest BCUT2D eigenvalue weighted by molar-refractivity contribution is -0.118. The molecule has 0 aromatic carbocycles. The van der Waals surface area contributed by atoms with Gasteiger partial charge in [-0.2, -0.15) is 0 Å². The molecule has 2 aromatic rings. The normalized spacial score (nSPS) is 11.0. The maximum atomic E-state index is 11.8. The zero-order valence-corrected chi connectivity index (χ0v) is 14.2. The van der Waals surface area contributed by atoms with Crippen LogP contribution in [-0.4, -0.2) is 37.8 Å². The summed E-state index contributed by atoms with van der Waals surface area (Å²) in [5, 5.41) is 11.9. The molecule has 1 amide bonds. The van der Waals surface area contributed by atoms with Gasteiger partial charge in [-0.15, -0.1) is 10.2 Å². The van der Waals surface area contributed by atoms with Gasteiger partial charge in [-0.25, -0.2) is 4.98 Å². The van der Waals surface area contributed by atoms with Gasteiger partial charge in [-0.05, 0) is 20.3 Å². The smallest absolute Gasteiger partial charge is 0.230 e. The molecule has 0 aliphatic carbocycles. The molecule has 0 aliphatic heterocycles. The number of rotatable bonds is 8. The summed E-state index contributed by atoms with van der Waals surface area (Å²) in [6.07, 6.45) is 4.64. The molecule has 0 saturated carbocycles. The Bertz CT molecular complexity index is 640. The summed E-state index contributed by atoms with van der Waals surface area (Å²) < 4.78 is 1.88. The van der Waals surface area contributed by atoms with Crippen LogP contribution >= 0.6 is 11.8 Å². The Balaban J connectivity index is 1.85. The number of hydrogen-bond donors (Lipinski definition) is 1. The summed E-state index contributed by atoms with van der Waals surface area (Å²) in [6.45, 7) is 6.78. The summed E-state index contributed by atoms with van der Waals surface area (Å²) in [6, 6.07) is 1.89. The van der Waals surface area contributed by atoms with Gasteiger partial charge in [0.25, 0.3) is 0 Å². The van der Waals surface area contributed by atoms with E-state index >= 15 is 0 Å². The zero-order valence-electron chi connectivity index (χ0n) is 13.4. The van der Waals surface area contributed by atoms with Crippen LogP contribution in [0.4, 0.5) is 0 Å². The first kappa shape index (κ1) is 16.7. The van der Waals surface area contributed by atoms with E-state index in [9.17, 15) is 4.79 Å². The van der Waals surface area contributed by atoms with Gasteiger partial charge in [0, 0.05) is 18.3 Å². The molecular weight excluding hydrogens is 298 g/mol. The second-order valence-electron chi connectivity index (χ2n) is 5.32. The van der Waals surface area contributed by atoms with Gasteiger partial charge in [0.05, 0.1) is 5.75 Å². The zero-order chi connectivity index (χ0) is 15.9. The van der Waals surface area contributed by atoms with Crippen molar-refractivity contribution in [1.29, 1.82) is 0 Å². The number of thioether (sulfide) groups is 1. The molecule has 6 nitrogen and oxygen atoms in total. The molecule has 2 aromatic heterocycles. The first-order valence-electron chi connectivity index (χ1n) is 7.70. The minimum atomic E-state index is 0.0379. The quantitative estimate of drug-likeness (QED) is 0.597. The summed E-state index contributed by atoms with van der Waals surface area (Å²) in [4.78, 5) is 16.2. The summed E-state index contributed by atoms with van der Waals surface area (Å²) in [5.74, 6) is 1.22. The molecular formula is C15H23N5OS. The minimum absolute atomic E-state index is 0.0379. The molecule has 0 saturated heterocycles. The number of hydrogen-bond acceptors (Lipinski definition) is 5. The highest BCUT2D eigenvalue weighted by molar-refractivity contribution is 7.99. The van der Waals surface area contributed by atoms with Crippen molar-refractivity contribution in [2.45, 2.75) is 51.6 Å². The van der Waals surface area contributed by atoms with Crippen LogP contribution in [-0.2, 0) is 4.79 Å². The number of nitrogens with one attached hydrogen (secondary N) is 1. The molecule has 22 heavy (non-hydrogen) atoms. The van der Waals surface area contributed by atoms with Crippen LogP contribution in [0.1, 0.15) is 44.1 Å². The lowest BCUT2D eigenvalue weighted by atomic mass is 10.2. The number of aryl methyl sites for hydroxylation is 2. The van der Waals surface area contributed by atoms with Crippen molar-refractivity contribution >= 4 is 23.3 Å². The van der Waals surface area contributed by atoms with E-state index in [-0.39, 0.29) is 5.91 Å². The number of nitrogens with zero attached hydrogens (tertiary/aromatic N) is 4. The van der Waals surface area contributed by atoms with E-state index in [0.717, 1.165) is 30.1 Å². The lowest BCUT2D eigenvalue weighted by Crippen LogP contribution is -2.26. The largest absolute Gasteiger partial charge is 0.355 e. The molecule has 7 heteroatoms. The van der Waals surface area contributed by atoms with Gasteiger partial charge < -0.3 is 5.32 Å². The lowest BCUT2D eigenvalue weighted by Gasteiger charge is -2.05. The molecule has 0 spiro atoms. The van der Waals surface area contributed by atoms with E-state index < -0.39 is 0 Å². The third-order valence-electron chi connectivity index (χ3n) is 3.34. The second kappa shape index (κ2) is 8.12. The van der Waals surface area contributed by atoms with Crippen molar-refractivity contribution in [3.8, 4) is 0 Å². The number of fused-ring (bicyclic) bond motifs is 1. The molecule has 0 bridgehead atoms. The third kappa shape index (κ3) is 4.43. The molecule has 0 aliphatic rings. The van der Waals surface area contributed by atoms with Gasteiger partial charge in [-0.3, -0.25) is 9.20 Å². The minimum Gasteiger partial charge on any atom is -0.355 e. The fourth-order valence-electron chi connectivity index (χ4n) is 2.26. The molecule has 0 radical (unpaired) electrons. The fraction of sp³-hybridized carbons (Fsp3) is 0.600. The van der Waals surface area contributed by atoms with Crippen molar-refractivity contribution in [2.75, 3.05) is 12.3 Å². The fourth-order valence-corrected chi connectivity index (χ4v) is 3.07. The predicted octanol–water partition coefficient (Wildman–Crippen LogP) is 2.53. The van der Waals surface area contributed by atoms with Crippen LogP contribution < -0.4 is 5.32 Å². The average molecular weight is 321 g/mol. The molecule has 1 N–H and O–H groups in total. The van der Waals surface area contributed by atoms with E-state index in [1.807, 2.05) is 24.3 Å². The highest BCUT2D eigenvalue weighted by atomic mass is 32.2. The van der Waals surface area contributed by atoms with Crippen LogP contribution in [0.15, 0.2) is 11.2 Å². The van der Waals surface area contributed by atoms with Gasteiger partial charge in [-0.1, -0.05) is 37.9 Å². The van der Waals surface area contributed by atoms with Crippen molar-refractivity contribution in [3.05, 3.63) is 17.6 Å². The summed E-state index contributed by atoms with van der Waals surface area (Å²) in [5.41, 5.74) is 1.69. The molecule has 0 unspecified atom stereocenters. The van der Waals surface area contributed by atoms with Crippen molar-refractivity contribution < 1.29 is 4.79 Å². The van der Waals surface area contributed by atoms with Gasteiger partial charge >= 0.3 is 0 Å². The molecule has 2 heterocycles. The van der Waals surface area contributed by atoms with Crippen molar-refractivity contribution in [2.24, 2.45) is 0 Å². The Morgan fingerprint density at radius 1 is 1.27 bits per heavy atom. The maximum absolute atomic E-state index is 11.8. The standard InChI is InChI=1S/C15H23N5OS/c1-4-5-6-7-8-16-14(21)10-22-15-19-18-13-9-11(2)17-12(3)20(13)15/h9H,4-8,10H2,1-3H3,(H,16,21). The van der Waals surface area contributed by atoms with E-state index in [1.165, 1.54) is 31.0 Å². The van der Waals surface area contributed by atoms with Gasteiger partial charge in [0.15, 0.2) is 10.8 Å². The highest BCUT2D eigenvalue weighted by Gasteiger charge is 2.11. The molecule has 0 fully saturated rings. The van der Waals surface area contributed by atoms with Crippen LogP contribution in [0, 0.1) is 13.8 Å². The monoisotopic (exact) mass is 321 g/mol. The Hall–Kier alpha value is -1.63. The molecule has 0 atom stereocenters. The van der Waals surface area contributed by atoms with Crippen LogP contribution in [0.2, 0.25) is 0 Å². The summed E-state index contributed by atoms with van der Waals surface area (Å²) >= 11 is 1.39. The van der Waals surface area contributed by atoms with E-state index in [0.29, 0.717) is 10.9 Å². The predicted molar refractivity (Wildman–Crippen MR) is 88.1 cm³/mol. The second-order valence-corrected chi connectivity index (χ2v) is 6.26. The SMILES string of the molecule is CCCCCCNC(=O)CSc1nnc2cc(C)nc(C)n12. The Kier molecular flexibility index (Phi) is 6.18. The number of unbranched alkanes of at least 4 members (excludes halogenated alkanes) is 3. The number of amides is 1. The Morgan fingerprint density at radius 2 is 2.09 bits per heavy atom. The van der Waals surface area contributed by atoms with Gasteiger partial charge in [0.1, 0.15) is 5.82 Å². The summed E-state index contributed by atoms with van der Waals surface area (Å²) in [7, 11) is 0. The number of carbonyl (C=O) groups excluding carboxylic acids is 1. The molecule has 2 rings (SSSR count). The highest BCUT2D eigenvalue weighted by Crippen LogP contribution is 2.18.